The van der Waals surface area contributed by atoms with Crippen LogP contribution < -0.4 is 0 Å². The Morgan fingerprint density at radius 1 is 1.70 bits per heavy atom. The van der Waals surface area contributed by atoms with E-state index in [-0.39, 0.29) is 5.82 Å². The Morgan fingerprint density at radius 3 is 2.50 bits per heavy atom. The summed E-state index contributed by atoms with van der Waals surface area (Å²) in [6.07, 6.45) is 1.30. The predicted octanol–water partition coefficient (Wildman–Crippen LogP) is 1.38. The number of aliphatic imine (C=N–C) groups is 1. The van der Waals surface area contributed by atoms with Crippen molar-refractivity contribution in [1.29, 1.82) is 0 Å². The average Bonchev–Trinajstić information content (AvgIpc) is 1.82. The lowest BCUT2D eigenvalue weighted by molar-refractivity contribution is -0.425. The number of nitro groups is 1. The molecule has 0 aromatic heterocycles. The van der Waals surface area contributed by atoms with Gasteiger partial charge in [0.1, 0.15) is 6.21 Å². The molecule has 0 unspecified atom stereocenters. The molecule has 0 fully saturated rings. The van der Waals surface area contributed by atoms with E-state index < -0.39 is 4.92 Å². The molecule has 0 radical (unpaired) electrons. The van der Waals surface area contributed by atoms with Crippen molar-refractivity contribution in [1.82, 2.24) is 0 Å². The van der Waals surface area contributed by atoms with Gasteiger partial charge in [0.15, 0.2) is 0 Å². The summed E-state index contributed by atoms with van der Waals surface area (Å²) in [5, 5.41) is 9.87. The summed E-state index contributed by atoms with van der Waals surface area (Å²) in [5.74, 6) is -0.372. The Bertz CT molecular complexity index is 206. The highest BCUT2D eigenvalue weighted by Gasteiger charge is 1.99. The first-order valence-electron chi connectivity index (χ1n) is 2.57. The van der Waals surface area contributed by atoms with E-state index in [9.17, 15) is 10.1 Å². The van der Waals surface area contributed by atoms with Crippen molar-refractivity contribution in [2.24, 2.45) is 4.99 Å². The van der Waals surface area contributed by atoms with Crippen molar-refractivity contribution in [3.63, 3.8) is 0 Å². The number of nitrogens with zero attached hydrogens (tertiary/aromatic N) is 2. The van der Waals surface area contributed by atoms with E-state index in [0.29, 0.717) is 5.57 Å². The molecule has 0 aliphatic carbocycles. The third kappa shape index (κ3) is 3.54. The Balaban J connectivity index is 4.03. The molecule has 0 amide bonds. The number of rotatable bonds is 3. The second-order valence-corrected chi connectivity index (χ2v) is 1.78. The van der Waals surface area contributed by atoms with E-state index in [4.69, 9.17) is 0 Å². The number of hydrogen-bond acceptors (Lipinski definition) is 3. The molecule has 0 aliphatic heterocycles. The SMILES string of the molecule is C=C(C)/C=N\C(=C)[N+](=O)[O-]. The van der Waals surface area contributed by atoms with Crippen LogP contribution in [0.15, 0.2) is 29.5 Å². The summed E-state index contributed by atoms with van der Waals surface area (Å²) in [7, 11) is 0. The second kappa shape index (κ2) is 3.55. The van der Waals surface area contributed by atoms with E-state index in [1.165, 1.54) is 6.21 Å². The topological polar surface area (TPSA) is 55.5 Å². The summed E-state index contributed by atoms with van der Waals surface area (Å²) in [6, 6.07) is 0. The molecule has 0 rings (SSSR count). The van der Waals surface area contributed by atoms with E-state index in [2.05, 4.69) is 18.2 Å². The first-order chi connectivity index (χ1) is 4.54. The summed E-state index contributed by atoms with van der Waals surface area (Å²) < 4.78 is 0. The molecule has 0 N–H and O–H groups in total. The van der Waals surface area contributed by atoms with Gasteiger partial charge in [-0.05, 0) is 29.0 Å². The smallest absolute Gasteiger partial charge is 0.356 e. The normalized spacial score (nSPS) is 9.70. The van der Waals surface area contributed by atoms with Gasteiger partial charge in [-0.3, -0.25) is 0 Å². The zero-order chi connectivity index (χ0) is 8.15. The molecule has 0 spiro atoms. The molecule has 0 aliphatic rings. The lowest BCUT2D eigenvalue weighted by atomic mass is 10.4. The minimum atomic E-state index is -0.653. The molecular weight excluding hydrogens is 132 g/mol. The monoisotopic (exact) mass is 140 g/mol. The van der Waals surface area contributed by atoms with Gasteiger partial charge in [-0.1, -0.05) is 6.58 Å². The van der Waals surface area contributed by atoms with Crippen LogP contribution in [-0.4, -0.2) is 11.1 Å². The van der Waals surface area contributed by atoms with Crippen molar-refractivity contribution in [2.75, 3.05) is 0 Å². The molecule has 4 nitrogen and oxygen atoms in total. The number of hydrogen-bond donors (Lipinski definition) is 0. The molecule has 0 bridgehead atoms. The molecule has 0 heterocycles. The van der Waals surface area contributed by atoms with Crippen LogP contribution in [0.1, 0.15) is 6.92 Å². The second-order valence-electron chi connectivity index (χ2n) is 1.78. The van der Waals surface area contributed by atoms with Crippen LogP contribution in [0.3, 0.4) is 0 Å². The summed E-state index contributed by atoms with van der Waals surface area (Å²) in [4.78, 5) is 12.6. The van der Waals surface area contributed by atoms with E-state index in [0.717, 1.165) is 0 Å². The molecule has 0 atom stereocenters. The summed E-state index contributed by atoms with van der Waals surface area (Å²) in [6.45, 7) is 8.25. The van der Waals surface area contributed by atoms with Gasteiger partial charge >= 0.3 is 5.82 Å². The van der Waals surface area contributed by atoms with Crippen LogP contribution in [0.5, 0.6) is 0 Å². The van der Waals surface area contributed by atoms with Crippen LogP contribution in [0.4, 0.5) is 0 Å². The van der Waals surface area contributed by atoms with Crippen LogP contribution >= 0.6 is 0 Å². The van der Waals surface area contributed by atoms with Crippen molar-refractivity contribution in [2.45, 2.75) is 6.92 Å². The van der Waals surface area contributed by atoms with Gasteiger partial charge in [0, 0.05) is 0 Å². The zero-order valence-electron chi connectivity index (χ0n) is 5.70. The van der Waals surface area contributed by atoms with Gasteiger partial charge < -0.3 is 10.1 Å². The van der Waals surface area contributed by atoms with Crippen LogP contribution in [-0.2, 0) is 0 Å². The maximum absolute atomic E-state index is 9.87. The first kappa shape index (κ1) is 8.55. The van der Waals surface area contributed by atoms with E-state index >= 15 is 0 Å². The van der Waals surface area contributed by atoms with Crippen LogP contribution in [0, 0.1) is 10.1 Å². The van der Waals surface area contributed by atoms with Gasteiger partial charge in [0.2, 0.25) is 0 Å². The highest BCUT2D eigenvalue weighted by atomic mass is 16.6. The minimum Gasteiger partial charge on any atom is -0.358 e. The van der Waals surface area contributed by atoms with Gasteiger partial charge in [-0.2, -0.15) is 0 Å². The fraction of sp³-hybridized carbons (Fsp3) is 0.167. The van der Waals surface area contributed by atoms with Crippen molar-refractivity contribution in [3.05, 3.63) is 34.7 Å². The third-order valence-corrected chi connectivity index (χ3v) is 0.645. The standard InChI is InChI=1S/C6H8N2O2/c1-5(2)4-7-6(3)8(9)10/h4H,1,3H2,2H3/b7-4-. The van der Waals surface area contributed by atoms with Gasteiger partial charge in [0.05, 0.1) is 0 Å². The Hall–Kier alpha value is -1.45. The summed E-state index contributed by atoms with van der Waals surface area (Å²) in [5.41, 5.74) is 0.656. The Morgan fingerprint density at radius 2 is 2.20 bits per heavy atom. The lowest BCUT2D eigenvalue weighted by Crippen LogP contribution is -1.93. The fourth-order valence-corrected chi connectivity index (χ4v) is 0.232. The van der Waals surface area contributed by atoms with Gasteiger partial charge in [-0.25, -0.2) is 0 Å². The highest BCUT2D eigenvalue weighted by Crippen LogP contribution is 1.92. The molecule has 4 heteroatoms. The molecule has 0 aromatic rings. The maximum atomic E-state index is 9.87. The molecular formula is C6H8N2O2. The van der Waals surface area contributed by atoms with Crippen molar-refractivity contribution >= 4 is 6.21 Å². The fourth-order valence-electron chi connectivity index (χ4n) is 0.232. The minimum absolute atomic E-state index is 0.372. The zero-order valence-corrected chi connectivity index (χ0v) is 5.70. The van der Waals surface area contributed by atoms with E-state index in [1.807, 2.05) is 0 Å². The maximum Gasteiger partial charge on any atom is 0.356 e. The van der Waals surface area contributed by atoms with Gasteiger partial charge in [0.25, 0.3) is 0 Å². The lowest BCUT2D eigenvalue weighted by Gasteiger charge is -1.86. The van der Waals surface area contributed by atoms with Crippen LogP contribution in [0.25, 0.3) is 0 Å². The molecule has 10 heavy (non-hydrogen) atoms. The van der Waals surface area contributed by atoms with Crippen molar-refractivity contribution in [3.8, 4) is 0 Å². The van der Waals surface area contributed by atoms with E-state index in [1.54, 1.807) is 6.92 Å². The molecule has 0 aromatic carbocycles. The Labute approximate surface area is 58.7 Å². The number of allylic oxidation sites excluding steroid dienone is 1. The molecule has 54 valence electrons. The largest absolute Gasteiger partial charge is 0.358 e. The third-order valence-electron chi connectivity index (χ3n) is 0.645. The average molecular weight is 140 g/mol. The molecule has 0 saturated carbocycles. The predicted molar refractivity (Wildman–Crippen MR) is 39.4 cm³/mol. The quantitative estimate of drug-likeness (QED) is 0.338. The highest BCUT2D eigenvalue weighted by molar-refractivity contribution is 5.77. The van der Waals surface area contributed by atoms with Crippen LogP contribution in [0.2, 0.25) is 0 Å². The van der Waals surface area contributed by atoms with Crippen molar-refractivity contribution < 1.29 is 4.92 Å². The van der Waals surface area contributed by atoms with Gasteiger partial charge in [-0.15, -0.1) is 0 Å². The summed E-state index contributed by atoms with van der Waals surface area (Å²) >= 11 is 0. The molecule has 0 saturated heterocycles. The Kier molecular flexibility index (Phi) is 3.04. The first-order valence-corrected chi connectivity index (χ1v) is 2.57.